The highest BCUT2D eigenvalue weighted by Gasteiger charge is 2.20. The van der Waals surface area contributed by atoms with E-state index in [4.69, 9.17) is 5.11 Å². The Morgan fingerprint density at radius 2 is 1.90 bits per heavy atom. The van der Waals surface area contributed by atoms with Gasteiger partial charge >= 0.3 is 12.0 Å². The van der Waals surface area contributed by atoms with Crippen LogP contribution in [0.3, 0.4) is 0 Å². The molecule has 20 heavy (non-hydrogen) atoms. The second kappa shape index (κ2) is 7.53. The molecule has 1 aromatic rings. The number of nitrogens with zero attached hydrogens (tertiary/aromatic N) is 2. The summed E-state index contributed by atoms with van der Waals surface area (Å²) in [6.45, 7) is 4.58. The summed E-state index contributed by atoms with van der Waals surface area (Å²) in [6, 6.07) is 7.60. The lowest BCUT2D eigenvalue weighted by atomic mass is 10.1. The summed E-state index contributed by atoms with van der Waals surface area (Å²) in [4.78, 5) is 26.0. The standard InChI is InChI=1S/C15H22N2O3/c1-4-9-17(11-14(18)19)15(20)16(3)10-13-8-6-5-7-12(13)2/h5-8H,4,9-11H2,1-3H3,(H,18,19). The van der Waals surface area contributed by atoms with Gasteiger partial charge in [-0.15, -0.1) is 0 Å². The van der Waals surface area contributed by atoms with Crippen molar-refractivity contribution in [2.24, 2.45) is 0 Å². The van der Waals surface area contributed by atoms with E-state index in [2.05, 4.69) is 0 Å². The zero-order valence-corrected chi connectivity index (χ0v) is 12.3. The largest absolute Gasteiger partial charge is 0.480 e. The van der Waals surface area contributed by atoms with Gasteiger partial charge in [-0.1, -0.05) is 31.2 Å². The van der Waals surface area contributed by atoms with Crippen LogP contribution in [0, 0.1) is 6.92 Å². The van der Waals surface area contributed by atoms with Crippen LogP contribution in [-0.2, 0) is 11.3 Å². The Kier molecular flexibility index (Phi) is 6.03. The van der Waals surface area contributed by atoms with Crippen LogP contribution in [0.4, 0.5) is 4.79 Å². The van der Waals surface area contributed by atoms with Crippen molar-refractivity contribution < 1.29 is 14.7 Å². The van der Waals surface area contributed by atoms with Gasteiger partial charge in [0.15, 0.2) is 0 Å². The van der Waals surface area contributed by atoms with Crippen LogP contribution < -0.4 is 0 Å². The predicted molar refractivity (Wildman–Crippen MR) is 77.5 cm³/mol. The fourth-order valence-electron chi connectivity index (χ4n) is 2.03. The van der Waals surface area contributed by atoms with Crippen LogP contribution in [0.5, 0.6) is 0 Å². The van der Waals surface area contributed by atoms with Gasteiger partial charge in [-0.25, -0.2) is 4.79 Å². The third kappa shape index (κ3) is 4.57. The molecule has 0 bridgehead atoms. The van der Waals surface area contributed by atoms with E-state index in [1.54, 1.807) is 11.9 Å². The number of hydrogen-bond acceptors (Lipinski definition) is 2. The molecule has 2 amide bonds. The van der Waals surface area contributed by atoms with E-state index < -0.39 is 5.97 Å². The maximum atomic E-state index is 12.3. The van der Waals surface area contributed by atoms with Crippen molar-refractivity contribution in [1.29, 1.82) is 0 Å². The first-order valence-corrected chi connectivity index (χ1v) is 6.72. The Hall–Kier alpha value is -2.04. The first-order valence-electron chi connectivity index (χ1n) is 6.72. The van der Waals surface area contributed by atoms with Gasteiger partial charge < -0.3 is 14.9 Å². The zero-order chi connectivity index (χ0) is 15.1. The Morgan fingerprint density at radius 3 is 2.45 bits per heavy atom. The summed E-state index contributed by atoms with van der Waals surface area (Å²) >= 11 is 0. The van der Waals surface area contributed by atoms with Gasteiger partial charge in [0, 0.05) is 20.1 Å². The second-order valence-electron chi connectivity index (χ2n) is 4.88. The maximum Gasteiger partial charge on any atom is 0.323 e. The van der Waals surface area contributed by atoms with E-state index in [0.29, 0.717) is 13.1 Å². The van der Waals surface area contributed by atoms with Crippen molar-refractivity contribution in [3.8, 4) is 0 Å². The second-order valence-corrected chi connectivity index (χ2v) is 4.88. The Labute approximate surface area is 119 Å². The molecular weight excluding hydrogens is 256 g/mol. The van der Waals surface area contributed by atoms with E-state index in [-0.39, 0.29) is 12.6 Å². The van der Waals surface area contributed by atoms with E-state index in [1.165, 1.54) is 4.90 Å². The van der Waals surface area contributed by atoms with Crippen LogP contribution in [0.1, 0.15) is 24.5 Å². The summed E-state index contributed by atoms with van der Waals surface area (Å²) in [7, 11) is 1.69. The highest BCUT2D eigenvalue weighted by Crippen LogP contribution is 2.11. The van der Waals surface area contributed by atoms with Crippen molar-refractivity contribution in [2.75, 3.05) is 20.1 Å². The monoisotopic (exact) mass is 278 g/mol. The van der Waals surface area contributed by atoms with Crippen LogP contribution in [0.25, 0.3) is 0 Å². The molecule has 1 aromatic carbocycles. The van der Waals surface area contributed by atoms with Crippen molar-refractivity contribution in [3.05, 3.63) is 35.4 Å². The molecule has 0 fully saturated rings. The quantitative estimate of drug-likeness (QED) is 0.869. The first kappa shape index (κ1) is 16.0. The summed E-state index contributed by atoms with van der Waals surface area (Å²) in [6.07, 6.45) is 0.733. The normalized spacial score (nSPS) is 10.2. The minimum atomic E-state index is -0.990. The van der Waals surface area contributed by atoms with Crippen molar-refractivity contribution in [3.63, 3.8) is 0 Å². The molecule has 0 aliphatic rings. The predicted octanol–water partition coefficient (Wildman–Crippen LogP) is 2.34. The lowest BCUT2D eigenvalue weighted by molar-refractivity contribution is -0.137. The number of carboxylic acid groups (broad SMARTS) is 1. The third-order valence-corrected chi connectivity index (χ3v) is 3.09. The van der Waals surface area contributed by atoms with Crippen molar-refractivity contribution in [2.45, 2.75) is 26.8 Å². The number of aliphatic carboxylic acids is 1. The molecule has 0 saturated heterocycles. The molecular formula is C15H22N2O3. The van der Waals surface area contributed by atoms with E-state index >= 15 is 0 Å². The zero-order valence-electron chi connectivity index (χ0n) is 12.3. The SMILES string of the molecule is CCCN(CC(=O)O)C(=O)N(C)Cc1ccccc1C. The lowest BCUT2D eigenvalue weighted by Gasteiger charge is -2.27. The van der Waals surface area contributed by atoms with Gasteiger partial charge in [0.25, 0.3) is 0 Å². The highest BCUT2D eigenvalue weighted by molar-refractivity contribution is 5.80. The number of rotatable bonds is 6. The fraction of sp³-hybridized carbons (Fsp3) is 0.467. The number of amides is 2. The van der Waals surface area contributed by atoms with E-state index in [9.17, 15) is 9.59 Å². The van der Waals surface area contributed by atoms with Gasteiger partial charge in [-0.05, 0) is 24.5 Å². The molecule has 110 valence electrons. The number of aryl methyl sites for hydroxylation is 1. The summed E-state index contributed by atoms with van der Waals surface area (Å²) in [5.41, 5.74) is 2.18. The summed E-state index contributed by atoms with van der Waals surface area (Å²) in [5, 5.41) is 8.86. The Bertz CT molecular complexity index is 474. The summed E-state index contributed by atoms with van der Waals surface area (Å²) in [5.74, 6) is -0.990. The molecule has 0 aliphatic carbocycles. The molecule has 0 spiro atoms. The fourth-order valence-corrected chi connectivity index (χ4v) is 2.03. The molecule has 5 heteroatoms. The molecule has 0 aliphatic heterocycles. The van der Waals surface area contributed by atoms with Gasteiger partial charge in [0.1, 0.15) is 6.54 Å². The lowest BCUT2D eigenvalue weighted by Crippen LogP contribution is -2.43. The first-order chi connectivity index (χ1) is 9.45. The van der Waals surface area contributed by atoms with Gasteiger partial charge in [-0.2, -0.15) is 0 Å². The highest BCUT2D eigenvalue weighted by atomic mass is 16.4. The average molecular weight is 278 g/mol. The average Bonchev–Trinajstić information content (AvgIpc) is 2.39. The minimum absolute atomic E-state index is 0.252. The molecule has 0 unspecified atom stereocenters. The molecule has 1 N–H and O–H groups in total. The molecule has 0 saturated carbocycles. The molecule has 1 rings (SSSR count). The molecule has 0 atom stereocenters. The third-order valence-electron chi connectivity index (χ3n) is 3.09. The number of benzene rings is 1. The Balaban J connectivity index is 2.73. The van der Waals surface area contributed by atoms with E-state index in [0.717, 1.165) is 17.5 Å². The van der Waals surface area contributed by atoms with Gasteiger partial charge in [-0.3, -0.25) is 4.79 Å². The van der Waals surface area contributed by atoms with Crippen LogP contribution >= 0.6 is 0 Å². The van der Waals surface area contributed by atoms with Gasteiger partial charge in [0.2, 0.25) is 0 Å². The van der Waals surface area contributed by atoms with Crippen molar-refractivity contribution in [1.82, 2.24) is 9.80 Å². The van der Waals surface area contributed by atoms with Crippen LogP contribution in [0.2, 0.25) is 0 Å². The smallest absolute Gasteiger partial charge is 0.323 e. The Morgan fingerprint density at radius 1 is 1.25 bits per heavy atom. The van der Waals surface area contributed by atoms with Crippen LogP contribution in [-0.4, -0.2) is 47.0 Å². The number of urea groups is 1. The number of carbonyl (C=O) groups excluding carboxylic acids is 1. The maximum absolute atomic E-state index is 12.3. The van der Waals surface area contributed by atoms with Gasteiger partial charge in [0.05, 0.1) is 0 Å². The molecule has 0 radical (unpaired) electrons. The molecule has 5 nitrogen and oxygen atoms in total. The topological polar surface area (TPSA) is 60.9 Å². The molecule has 0 heterocycles. The van der Waals surface area contributed by atoms with Crippen LogP contribution in [0.15, 0.2) is 24.3 Å². The number of hydrogen-bond donors (Lipinski definition) is 1. The minimum Gasteiger partial charge on any atom is -0.480 e. The summed E-state index contributed by atoms with van der Waals surface area (Å²) < 4.78 is 0. The number of carbonyl (C=O) groups is 2. The molecule has 0 aromatic heterocycles. The van der Waals surface area contributed by atoms with Crippen molar-refractivity contribution >= 4 is 12.0 Å². The van der Waals surface area contributed by atoms with E-state index in [1.807, 2.05) is 38.1 Å². The number of carboxylic acids is 1.